The summed E-state index contributed by atoms with van der Waals surface area (Å²) >= 11 is 1.37. The molecule has 3 heterocycles. The molecule has 0 spiro atoms. The summed E-state index contributed by atoms with van der Waals surface area (Å²) in [6.45, 7) is 5.64. The van der Waals surface area contributed by atoms with E-state index in [2.05, 4.69) is 35.6 Å². The first-order valence-electron chi connectivity index (χ1n) is 9.66. The molecule has 0 aliphatic rings. The molecule has 1 aromatic carbocycles. The van der Waals surface area contributed by atoms with Crippen LogP contribution in [0.25, 0.3) is 32.6 Å². The van der Waals surface area contributed by atoms with Gasteiger partial charge in [0.05, 0.1) is 22.1 Å². The number of thiazole rings is 1. The Hall–Kier alpha value is -3.50. The molecule has 3 N–H and O–H groups in total. The van der Waals surface area contributed by atoms with E-state index < -0.39 is 5.60 Å². The van der Waals surface area contributed by atoms with Crippen LogP contribution in [0.15, 0.2) is 43.1 Å². The fourth-order valence-electron chi connectivity index (χ4n) is 2.98. The lowest BCUT2D eigenvalue weighted by Crippen LogP contribution is -2.28. The Balaban J connectivity index is 1.82. The molecule has 0 atom stereocenters. The van der Waals surface area contributed by atoms with Crippen LogP contribution in [0.5, 0.6) is 0 Å². The Morgan fingerprint density at radius 2 is 1.87 bits per heavy atom. The van der Waals surface area contributed by atoms with Crippen LogP contribution in [0.1, 0.15) is 26.6 Å². The van der Waals surface area contributed by atoms with Gasteiger partial charge in [-0.05, 0) is 38.5 Å². The van der Waals surface area contributed by atoms with E-state index in [-0.39, 0.29) is 6.03 Å². The number of nitrogens with one attached hydrogen (secondary N) is 2. The smallest absolute Gasteiger partial charge is 0.321 e. The topological polar surface area (TPSA) is 126 Å². The van der Waals surface area contributed by atoms with E-state index >= 15 is 0 Å². The van der Waals surface area contributed by atoms with Crippen LogP contribution in [0.4, 0.5) is 9.93 Å². The average molecular weight is 436 g/mol. The molecule has 9 nitrogen and oxygen atoms in total. The van der Waals surface area contributed by atoms with Crippen LogP contribution in [-0.2, 0) is 5.60 Å². The highest BCUT2D eigenvalue weighted by Crippen LogP contribution is 2.37. The summed E-state index contributed by atoms with van der Waals surface area (Å²) in [6, 6.07) is 3.58. The van der Waals surface area contributed by atoms with Crippen molar-refractivity contribution in [1.29, 1.82) is 0 Å². The normalized spacial score (nSPS) is 11.5. The molecule has 31 heavy (non-hydrogen) atoms. The van der Waals surface area contributed by atoms with Crippen LogP contribution in [-0.4, -0.2) is 42.6 Å². The number of urea groups is 1. The second kappa shape index (κ2) is 8.32. The van der Waals surface area contributed by atoms with E-state index in [1.54, 1.807) is 44.8 Å². The third-order valence-corrected chi connectivity index (χ3v) is 5.44. The highest BCUT2D eigenvalue weighted by atomic mass is 32.1. The predicted octanol–water partition coefficient (Wildman–Crippen LogP) is 3.58. The van der Waals surface area contributed by atoms with Gasteiger partial charge in [0.25, 0.3) is 0 Å². The lowest BCUT2D eigenvalue weighted by Gasteiger charge is -2.15. The molecule has 0 radical (unpaired) electrons. The number of aromatic nitrogens is 5. The Morgan fingerprint density at radius 1 is 1.10 bits per heavy atom. The zero-order valence-corrected chi connectivity index (χ0v) is 18.1. The van der Waals surface area contributed by atoms with Crippen molar-refractivity contribution in [1.82, 2.24) is 30.2 Å². The SMILES string of the molecule is CCNC(=O)Nc1nc2cc(-c3cnc(C(C)(C)O)nc3)cc(-c3cnccn3)c2s1. The van der Waals surface area contributed by atoms with Crippen molar-refractivity contribution in [3.8, 4) is 22.4 Å². The molecule has 158 valence electrons. The molecule has 0 aliphatic heterocycles. The number of rotatable bonds is 5. The number of hydrogen-bond acceptors (Lipinski definition) is 8. The number of carbonyl (C=O) groups is 1. The van der Waals surface area contributed by atoms with E-state index in [0.29, 0.717) is 28.7 Å². The standard InChI is InChI=1S/C21H21N7O2S/c1-4-23-19(29)28-20-27-15-8-12(13-9-25-18(26-10-13)21(2,3)30)7-14(17(15)31-20)16-11-22-5-6-24-16/h5-11,30H,4H2,1-3H3,(H2,23,27,28,29). The lowest BCUT2D eigenvalue weighted by molar-refractivity contribution is 0.0687. The maximum absolute atomic E-state index is 11.9. The fourth-order valence-corrected chi connectivity index (χ4v) is 3.94. The van der Waals surface area contributed by atoms with E-state index in [1.165, 1.54) is 11.3 Å². The summed E-state index contributed by atoms with van der Waals surface area (Å²) in [5, 5.41) is 16.1. The van der Waals surface area contributed by atoms with Crippen molar-refractivity contribution in [2.45, 2.75) is 26.4 Å². The number of fused-ring (bicyclic) bond motifs is 1. The number of nitrogens with zero attached hydrogens (tertiary/aromatic N) is 5. The zero-order chi connectivity index (χ0) is 22.0. The van der Waals surface area contributed by atoms with Gasteiger partial charge in [0.1, 0.15) is 5.60 Å². The first-order valence-corrected chi connectivity index (χ1v) is 10.5. The van der Waals surface area contributed by atoms with Crippen LogP contribution in [0.2, 0.25) is 0 Å². The van der Waals surface area contributed by atoms with Gasteiger partial charge in [-0.2, -0.15) is 0 Å². The van der Waals surface area contributed by atoms with Gasteiger partial charge in [-0.3, -0.25) is 15.3 Å². The van der Waals surface area contributed by atoms with Crippen molar-refractivity contribution in [3.63, 3.8) is 0 Å². The summed E-state index contributed by atoms with van der Waals surface area (Å²) < 4.78 is 0.880. The Labute approximate surface area is 182 Å². The van der Waals surface area contributed by atoms with Crippen molar-refractivity contribution < 1.29 is 9.90 Å². The lowest BCUT2D eigenvalue weighted by atomic mass is 10.0. The van der Waals surface area contributed by atoms with Gasteiger partial charge in [0, 0.05) is 42.5 Å². The highest BCUT2D eigenvalue weighted by molar-refractivity contribution is 7.22. The largest absolute Gasteiger partial charge is 0.382 e. The molecule has 0 unspecified atom stereocenters. The molecular formula is C21H21N7O2S. The fraction of sp³-hybridized carbons (Fsp3) is 0.238. The van der Waals surface area contributed by atoms with Crippen LogP contribution in [0.3, 0.4) is 0 Å². The van der Waals surface area contributed by atoms with Gasteiger partial charge in [0.15, 0.2) is 11.0 Å². The Bertz CT molecular complexity index is 1220. The van der Waals surface area contributed by atoms with Gasteiger partial charge in [-0.1, -0.05) is 11.3 Å². The molecule has 3 aromatic heterocycles. The van der Waals surface area contributed by atoms with E-state index in [0.717, 1.165) is 21.4 Å². The third kappa shape index (κ3) is 4.49. The molecule has 0 fully saturated rings. The Morgan fingerprint density at radius 3 is 2.52 bits per heavy atom. The molecule has 0 aliphatic carbocycles. The van der Waals surface area contributed by atoms with Gasteiger partial charge in [0.2, 0.25) is 0 Å². The summed E-state index contributed by atoms with van der Waals surface area (Å²) in [5.41, 5.74) is 2.73. The average Bonchev–Trinajstić information content (AvgIpc) is 3.15. The monoisotopic (exact) mass is 435 g/mol. The molecular weight excluding hydrogens is 414 g/mol. The van der Waals surface area contributed by atoms with Gasteiger partial charge < -0.3 is 10.4 Å². The van der Waals surface area contributed by atoms with Gasteiger partial charge in [-0.15, -0.1) is 0 Å². The molecule has 10 heteroatoms. The van der Waals surface area contributed by atoms with Crippen molar-refractivity contribution in [2.24, 2.45) is 0 Å². The molecule has 0 saturated heterocycles. The second-order valence-electron chi connectivity index (χ2n) is 7.32. The maximum Gasteiger partial charge on any atom is 0.321 e. The van der Waals surface area contributed by atoms with Crippen molar-refractivity contribution in [3.05, 3.63) is 48.9 Å². The van der Waals surface area contributed by atoms with Gasteiger partial charge in [-0.25, -0.2) is 19.7 Å². The maximum atomic E-state index is 11.9. The summed E-state index contributed by atoms with van der Waals surface area (Å²) in [4.78, 5) is 33.7. The van der Waals surface area contributed by atoms with Crippen molar-refractivity contribution >= 4 is 32.7 Å². The van der Waals surface area contributed by atoms with Crippen molar-refractivity contribution in [2.75, 3.05) is 11.9 Å². The molecule has 0 saturated carbocycles. The van der Waals surface area contributed by atoms with Gasteiger partial charge >= 0.3 is 6.03 Å². The molecule has 0 bridgehead atoms. The molecule has 4 rings (SSSR count). The number of benzene rings is 1. The minimum Gasteiger partial charge on any atom is -0.382 e. The number of hydrogen-bond donors (Lipinski definition) is 3. The van der Waals surface area contributed by atoms with E-state index in [9.17, 15) is 9.90 Å². The zero-order valence-electron chi connectivity index (χ0n) is 17.2. The van der Waals surface area contributed by atoms with E-state index in [4.69, 9.17) is 0 Å². The molecule has 2 amide bonds. The highest BCUT2D eigenvalue weighted by Gasteiger charge is 2.20. The number of aliphatic hydroxyl groups is 1. The third-order valence-electron chi connectivity index (χ3n) is 4.42. The first-order chi connectivity index (χ1) is 14.8. The summed E-state index contributed by atoms with van der Waals surface area (Å²) in [7, 11) is 0. The van der Waals surface area contributed by atoms with E-state index in [1.807, 2.05) is 19.1 Å². The predicted molar refractivity (Wildman–Crippen MR) is 120 cm³/mol. The van der Waals surface area contributed by atoms with Crippen LogP contribution >= 0.6 is 11.3 Å². The number of carbonyl (C=O) groups excluding carboxylic acids is 1. The molecule has 4 aromatic rings. The van der Waals surface area contributed by atoms with Crippen LogP contribution in [0, 0.1) is 0 Å². The summed E-state index contributed by atoms with van der Waals surface area (Å²) in [6.07, 6.45) is 8.26. The Kier molecular flexibility index (Phi) is 5.57. The number of anilines is 1. The minimum absolute atomic E-state index is 0.307. The minimum atomic E-state index is -1.12. The first kappa shape index (κ1) is 20.8. The second-order valence-corrected chi connectivity index (χ2v) is 8.32. The number of amides is 2. The quantitative estimate of drug-likeness (QED) is 0.437. The van der Waals surface area contributed by atoms with Crippen LogP contribution < -0.4 is 10.6 Å². The summed E-state index contributed by atoms with van der Waals surface area (Å²) in [5.74, 6) is 0.341.